The summed E-state index contributed by atoms with van der Waals surface area (Å²) in [6, 6.07) is 1.86. The zero-order valence-corrected chi connectivity index (χ0v) is 12.5. The average Bonchev–Trinajstić information content (AvgIpc) is 2.45. The van der Waals surface area contributed by atoms with Crippen LogP contribution in [-0.2, 0) is 0 Å². The summed E-state index contributed by atoms with van der Waals surface area (Å²) < 4.78 is 0. The number of rotatable bonds is 5. The fourth-order valence-electron chi connectivity index (χ4n) is 2.08. The van der Waals surface area contributed by atoms with E-state index >= 15 is 0 Å². The molecule has 106 valence electrons. The molecule has 19 heavy (non-hydrogen) atoms. The molecule has 0 saturated carbocycles. The minimum Gasteiger partial charge on any atom is -0.369 e. The summed E-state index contributed by atoms with van der Waals surface area (Å²) in [6.07, 6.45) is 3.99. The Morgan fingerprint density at radius 1 is 1.37 bits per heavy atom. The van der Waals surface area contributed by atoms with Crippen LogP contribution in [0.2, 0.25) is 0 Å². The SMILES string of the molecule is CC(C)c1nc(NN)cc(NCC2CCCCS2)n1. The lowest BCUT2D eigenvalue weighted by atomic mass is 10.2. The van der Waals surface area contributed by atoms with Crippen molar-refractivity contribution in [3.63, 3.8) is 0 Å². The normalized spacial score (nSPS) is 19.5. The molecule has 4 N–H and O–H groups in total. The van der Waals surface area contributed by atoms with Gasteiger partial charge in [0.1, 0.15) is 17.5 Å². The van der Waals surface area contributed by atoms with Crippen molar-refractivity contribution in [2.45, 2.75) is 44.3 Å². The molecule has 0 amide bonds. The van der Waals surface area contributed by atoms with E-state index in [-0.39, 0.29) is 5.92 Å². The molecule has 1 aliphatic heterocycles. The molecule has 1 atom stereocenters. The van der Waals surface area contributed by atoms with E-state index in [0.29, 0.717) is 11.1 Å². The number of hydrogen-bond acceptors (Lipinski definition) is 6. The molecule has 1 unspecified atom stereocenters. The fourth-order valence-corrected chi connectivity index (χ4v) is 3.31. The minimum atomic E-state index is 0.290. The number of hydrazine groups is 1. The smallest absolute Gasteiger partial charge is 0.145 e. The van der Waals surface area contributed by atoms with E-state index in [1.807, 2.05) is 6.07 Å². The van der Waals surface area contributed by atoms with Crippen LogP contribution in [0.3, 0.4) is 0 Å². The maximum Gasteiger partial charge on any atom is 0.145 e. The maximum absolute atomic E-state index is 5.45. The Kier molecular flexibility index (Phi) is 5.27. The van der Waals surface area contributed by atoms with Crippen LogP contribution in [0.5, 0.6) is 0 Å². The number of nitrogens with one attached hydrogen (secondary N) is 2. The standard InChI is InChI=1S/C13H23N5S/c1-9(2)13-16-11(7-12(17-13)18-14)15-8-10-5-3-4-6-19-10/h7,9-10H,3-6,8,14H2,1-2H3,(H2,15,16,17,18). The van der Waals surface area contributed by atoms with Gasteiger partial charge in [0, 0.05) is 23.8 Å². The average molecular weight is 281 g/mol. The first-order chi connectivity index (χ1) is 9.19. The first kappa shape index (κ1) is 14.4. The molecular formula is C13H23N5S. The lowest BCUT2D eigenvalue weighted by molar-refractivity contribution is 0.676. The second-order valence-corrected chi connectivity index (χ2v) is 6.57. The van der Waals surface area contributed by atoms with Crippen LogP contribution < -0.4 is 16.6 Å². The molecule has 2 rings (SSSR count). The zero-order valence-electron chi connectivity index (χ0n) is 11.6. The van der Waals surface area contributed by atoms with Gasteiger partial charge in [0.05, 0.1) is 0 Å². The van der Waals surface area contributed by atoms with Gasteiger partial charge in [0.25, 0.3) is 0 Å². The number of nitrogens with two attached hydrogens (primary N) is 1. The van der Waals surface area contributed by atoms with Gasteiger partial charge in [-0.3, -0.25) is 0 Å². The zero-order chi connectivity index (χ0) is 13.7. The van der Waals surface area contributed by atoms with Gasteiger partial charge in [-0.1, -0.05) is 20.3 Å². The molecule has 1 aromatic rings. The third-order valence-electron chi connectivity index (χ3n) is 3.19. The predicted octanol–water partition coefficient (Wildman–Crippen LogP) is 2.58. The van der Waals surface area contributed by atoms with Crippen LogP contribution >= 0.6 is 11.8 Å². The summed E-state index contributed by atoms with van der Waals surface area (Å²) in [6.45, 7) is 5.12. The Morgan fingerprint density at radius 2 is 2.16 bits per heavy atom. The van der Waals surface area contributed by atoms with Gasteiger partial charge in [0.15, 0.2) is 0 Å². The van der Waals surface area contributed by atoms with Crippen LogP contribution in [0.4, 0.5) is 11.6 Å². The van der Waals surface area contributed by atoms with Gasteiger partial charge in [0.2, 0.25) is 0 Å². The van der Waals surface area contributed by atoms with Gasteiger partial charge >= 0.3 is 0 Å². The number of nitrogens with zero attached hydrogens (tertiary/aromatic N) is 2. The van der Waals surface area contributed by atoms with Crippen molar-refractivity contribution in [2.75, 3.05) is 23.0 Å². The van der Waals surface area contributed by atoms with E-state index in [1.165, 1.54) is 25.0 Å². The van der Waals surface area contributed by atoms with Crippen molar-refractivity contribution in [2.24, 2.45) is 5.84 Å². The second-order valence-electron chi connectivity index (χ2n) is 5.17. The van der Waals surface area contributed by atoms with E-state index in [4.69, 9.17) is 5.84 Å². The minimum absolute atomic E-state index is 0.290. The van der Waals surface area contributed by atoms with Gasteiger partial charge in [-0.2, -0.15) is 11.8 Å². The first-order valence-corrected chi connectivity index (χ1v) is 7.95. The molecule has 1 aliphatic rings. The Bertz CT molecular complexity index is 404. The summed E-state index contributed by atoms with van der Waals surface area (Å²) >= 11 is 2.06. The van der Waals surface area contributed by atoms with Crippen molar-refractivity contribution in [1.29, 1.82) is 0 Å². The Labute approximate surface area is 119 Å². The summed E-state index contributed by atoms with van der Waals surface area (Å²) in [7, 11) is 0. The highest BCUT2D eigenvalue weighted by Gasteiger charge is 2.14. The largest absolute Gasteiger partial charge is 0.369 e. The molecule has 1 aromatic heterocycles. The third-order valence-corrected chi connectivity index (χ3v) is 4.59. The Hall–Kier alpha value is -1.01. The highest BCUT2D eigenvalue weighted by Crippen LogP contribution is 2.25. The van der Waals surface area contributed by atoms with Gasteiger partial charge in [-0.15, -0.1) is 0 Å². The van der Waals surface area contributed by atoms with E-state index in [0.717, 1.165) is 18.2 Å². The monoisotopic (exact) mass is 281 g/mol. The van der Waals surface area contributed by atoms with E-state index in [1.54, 1.807) is 0 Å². The fraction of sp³-hybridized carbons (Fsp3) is 0.692. The van der Waals surface area contributed by atoms with Crippen molar-refractivity contribution in [3.05, 3.63) is 11.9 Å². The number of nitrogen functional groups attached to an aromatic ring is 1. The molecule has 0 radical (unpaired) electrons. The summed E-state index contributed by atoms with van der Waals surface area (Å²) in [4.78, 5) is 8.89. The molecule has 5 nitrogen and oxygen atoms in total. The van der Waals surface area contributed by atoms with Crippen molar-refractivity contribution >= 4 is 23.4 Å². The first-order valence-electron chi connectivity index (χ1n) is 6.90. The third kappa shape index (κ3) is 4.24. The van der Waals surface area contributed by atoms with E-state index in [9.17, 15) is 0 Å². The molecule has 6 heteroatoms. The van der Waals surface area contributed by atoms with Crippen LogP contribution in [-0.4, -0.2) is 27.5 Å². The Balaban J connectivity index is 2.00. The highest BCUT2D eigenvalue weighted by atomic mass is 32.2. The Morgan fingerprint density at radius 3 is 2.79 bits per heavy atom. The van der Waals surface area contributed by atoms with Crippen LogP contribution in [0.25, 0.3) is 0 Å². The molecule has 1 fully saturated rings. The number of anilines is 2. The lowest BCUT2D eigenvalue weighted by Crippen LogP contribution is -2.21. The van der Waals surface area contributed by atoms with Crippen molar-refractivity contribution in [3.8, 4) is 0 Å². The second kappa shape index (κ2) is 6.96. The highest BCUT2D eigenvalue weighted by molar-refractivity contribution is 7.99. The number of thioether (sulfide) groups is 1. The molecule has 0 aliphatic carbocycles. The topological polar surface area (TPSA) is 75.9 Å². The van der Waals surface area contributed by atoms with Crippen molar-refractivity contribution in [1.82, 2.24) is 9.97 Å². The van der Waals surface area contributed by atoms with Crippen molar-refractivity contribution < 1.29 is 0 Å². The van der Waals surface area contributed by atoms with Gasteiger partial charge in [-0.25, -0.2) is 15.8 Å². The van der Waals surface area contributed by atoms with E-state index in [2.05, 4.69) is 46.3 Å². The van der Waals surface area contributed by atoms with Crippen LogP contribution in [0.1, 0.15) is 44.9 Å². The van der Waals surface area contributed by atoms with Gasteiger partial charge in [-0.05, 0) is 18.6 Å². The molecule has 0 bridgehead atoms. The van der Waals surface area contributed by atoms with Gasteiger partial charge < -0.3 is 10.7 Å². The number of hydrogen-bond donors (Lipinski definition) is 3. The predicted molar refractivity (Wildman–Crippen MR) is 82.5 cm³/mol. The molecular weight excluding hydrogens is 258 g/mol. The van der Waals surface area contributed by atoms with Crippen LogP contribution in [0.15, 0.2) is 6.07 Å². The maximum atomic E-state index is 5.45. The molecule has 0 spiro atoms. The lowest BCUT2D eigenvalue weighted by Gasteiger charge is -2.22. The summed E-state index contributed by atoms with van der Waals surface area (Å²) in [5.41, 5.74) is 2.60. The quantitative estimate of drug-likeness (QED) is 0.569. The summed E-state index contributed by atoms with van der Waals surface area (Å²) in [5, 5.41) is 4.11. The van der Waals surface area contributed by atoms with E-state index < -0.39 is 0 Å². The molecule has 2 heterocycles. The summed E-state index contributed by atoms with van der Waals surface area (Å²) in [5.74, 6) is 9.36. The number of aromatic nitrogens is 2. The van der Waals surface area contributed by atoms with Crippen LogP contribution in [0, 0.1) is 0 Å². The molecule has 0 aromatic carbocycles. The molecule has 1 saturated heterocycles.